The van der Waals surface area contributed by atoms with E-state index in [0.717, 1.165) is 11.3 Å². The molecule has 3 rings (SSSR count). The minimum Gasteiger partial charge on any atom is -0.496 e. The Bertz CT molecular complexity index is 874. The van der Waals surface area contributed by atoms with Crippen LogP contribution in [0.2, 0.25) is 0 Å². The molecule has 0 radical (unpaired) electrons. The van der Waals surface area contributed by atoms with Crippen LogP contribution >= 0.6 is 0 Å². The van der Waals surface area contributed by atoms with Gasteiger partial charge in [-0.25, -0.2) is 4.99 Å². The predicted molar refractivity (Wildman–Crippen MR) is 107 cm³/mol. The van der Waals surface area contributed by atoms with Crippen LogP contribution in [-0.4, -0.2) is 46.6 Å². The Balaban J connectivity index is 0.000000237. The highest BCUT2D eigenvalue weighted by Crippen LogP contribution is 2.17. The summed E-state index contributed by atoms with van der Waals surface area (Å²) >= 11 is 0. The van der Waals surface area contributed by atoms with E-state index in [-0.39, 0.29) is 6.02 Å². The summed E-state index contributed by atoms with van der Waals surface area (Å²) in [5, 5.41) is 15.7. The van der Waals surface area contributed by atoms with Gasteiger partial charge in [-0.05, 0) is 6.07 Å². The van der Waals surface area contributed by atoms with Crippen molar-refractivity contribution in [2.24, 2.45) is 21.5 Å². The fourth-order valence-corrected chi connectivity index (χ4v) is 1.98. The second kappa shape index (κ2) is 10.9. The Labute approximate surface area is 161 Å². The van der Waals surface area contributed by atoms with Crippen LogP contribution in [-0.2, 0) is 11.3 Å². The number of para-hydroxylation sites is 1. The van der Waals surface area contributed by atoms with Gasteiger partial charge in [0.15, 0.2) is 11.8 Å². The van der Waals surface area contributed by atoms with Crippen LogP contribution in [0.3, 0.4) is 0 Å². The van der Waals surface area contributed by atoms with Gasteiger partial charge in [-0.2, -0.15) is 15.2 Å². The third kappa shape index (κ3) is 6.71. The largest absolute Gasteiger partial charge is 0.496 e. The summed E-state index contributed by atoms with van der Waals surface area (Å²) in [6, 6.07) is 11.3. The number of rotatable bonds is 5. The molecule has 0 spiro atoms. The number of ether oxygens (including phenoxy) is 2. The molecule has 0 aliphatic heterocycles. The van der Waals surface area contributed by atoms with Crippen LogP contribution in [0, 0.1) is 0 Å². The summed E-state index contributed by atoms with van der Waals surface area (Å²) in [6.07, 6.45) is 3.22. The maximum Gasteiger partial charge on any atom is 0.288 e. The topological polar surface area (TPSA) is 165 Å². The van der Waals surface area contributed by atoms with Crippen LogP contribution in [0.1, 0.15) is 5.56 Å². The van der Waals surface area contributed by atoms with E-state index in [1.54, 1.807) is 31.6 Å². The quantitative estimate of drug-likeness (QED) is 0.326. The van der Waals surface area contributed by atoms with E-state index in [1.165, 1.54) is 7.11 Å². The maximum atomic E-state index is 5.75. The van der Waals surface area contributed by atoms with Gasteiger partial charge < -0.3 is 26.3 Å². The smallest absolute Gasteiger partial charge is 0.288 e. The first-order valence-electron chi connectivity index (χ1n) is 8.18. The van der Waals surface area contributed by atoms with E-state index >= 15 is 0 Å². The van der Waals surface area contributed by atoms with Crippen molar-refractivity contribution in [3.8, 4) is 5.75 Å². The lowest BCUT2D eigenvalue weighted by Crippen LogP contribution is -2.22. The van der Waals surface area contributed by atoms with E-state index in [0.29, 0.717) is 24.1 Å². The number of methoxy groups -OCH3 is 2. The van der Waals surface area contributed by atoms with Gasteiger partial charge in [0, 0.05) is 17.7 Å². The Morgan fingerprint density at radius 2 is 1.82 bits per heavy atom. The molecule has 28 heavy (non-hydrogen) atoms. The first kappa shape index (κ1) is 20.3. The molecule has 0 bridgehead atoms. The van der Waals surface area contributed by atoms with Crippen molar-refractivity contribution in [1.29, 1.82) is 0 Å². The highest BCUT2D eigenvalue weighted by molar-refractivity contribution is 5.91. The Morgan fingerprint density at radius 3 is 2.46 bits per heavy atom. The molecular weight excluding hydrogens is 362 g/mol. The number of H-pyrrole nitrogens is 2. The van der Waals surface area contributed by atoms with Gasteiger partial charge >= 0.3 is 0 Å². The normalized spacial score (nSPS) is 11.4. The number of aromatic amines is 2. The number of anilines is 1. The number of hydrogen-bond acceptors (Lipinski definition) is 6. The van der Waals surface area contributed by atoms with E-state index in [2.05, 4.69) is 40.4 Å². The minimum absolute atomic E-state index is 0.115. The van der Waals surface area contributed by atoms with Crippen LogP contribution in [0.15, 0.2) is 58.8 Å². The number of hydrogen-bond donors (Lipinski definition) is 5. The predicted octanol–water partition coefficient (Wildman–Crippen LogP) is 1.35. The molecule has 148 valence electrons. The third-order valence-corrected chi connectivity index (χ3v) is 3.30. The van der Waals surface area contributed by atoms with Crippen LogP contribution < -0.4 is 21.5 Å². The Morgan fingerprint density at radius 1 is 1.07 bits per heavy atom. The minimum atomic E-state index is 0.115. The average molecular weight is 385 g/mol. The Hall–Kier alpha value is -4.02. The molecule has 0 fully saturated rings. The van der Waals surface area contributed by atoms with Crippen molar-refractivity contribution in [3.05, 3.63) is 54.4 Å². The monoisotopic (exact) mass is 385 g/mol. The van der Waals surface area contributed by atoms with Crippen molar-refractivity contribution in [2.75, 3.05) is 19.5 Å². The van der Waals surface area contributed by atoms with Crippen LogP contribution in [0.5, 0.6) is 5.75 Å². The fraction of sp³-hybridized carbons (Fsp3) is 0.176. The van der Waals surface area contributed by atoms with Crippen LogP contribution in [0.25, 0.3) is 0 Å². The van der Waals surface area contributed by atoms with E-state index in [9.17, 15) is 0 Å². The summed E-state index contributed by atoms with van der Waals surface area (Å²) in [7, 11) is 3.09. The van der Waals surface area contributed by atoms with E-state index in [1.807, 2.05) is 24.3 Å². The average Bonchev–Trinajstić information content (AvgIpc) is 3.41. The molecule has 0 atom stereocenters. The zero-order chi connectivity index (χ0) is 20.2. The molecular formula is C17H23N9O2. The van der Waals surface area contributed by atoms with Gasteiger partial charge in [0.25, 0.3) is 6.02 Å². The molecule has 7 N–H and O–H groups in total. The lowest BCUT2D eigenvalue weighted by Gasteiger charge is -2.06. The lowest BCUT2D eigenvalue weighted by molar-refractivity contribution is 0.397. The highest BCUT2D eigenvalue weighted by Gasteiger charge is 2.01. The van der Waals surface area contributed by atoms with Gasteiger partial charge in [0.1, 0.15) is 11.6 Å². The maximum absolute atomic E-state index is 5.75. The van der Waals surface area contributed by atoms with Gasteiger partial charge in [-0.1, -0.05) is 18.2 Å². The molecule has 0 saturated carbocycles. The summed E-state index contributed by atoms with van der Waals surface area (Å²) in [6.45, 7) is 0.455. The lowest BCUT2D eigenvalue weighted by atomic mass is 10.2. The van der Waals surface area contributed by atoms with Gasteiger partial charge in [-0.3, -0.25) is 10.2 Å². The first-order valence-corrected chi connectivity index (χ1v) is 8.18. The molecule has 0 saturated heterocycles. The van der Waals surface area contributed by atoms with E-state index < -0.39 is 0 Å². The molecule has 0 unspecified atom stereocenters. The molecule has 1 aromatic carbocycles. The summed E-state index contributed by atoms with van der Waals surface area (Å²) in [5.74, 6) is 2.41. The molecule has 3 aromatic rings. The summed E-state index contributed by atoms with van der Waals surface area (Å²) < 4.78 is 9.84. The fourth-order valence-electron chi connectivity index (χ4n) is 1.98. The number of aliphatic imine (C=N–C) groups is 2. The van der Waals surface area contributed by atoms with Gasteiger partial charge in [0.2, 0.25) is 0 Å². The first-order chi connectivity index (χ1) is 13.6. The van der Waals surface area contributed by atoms with Crippen LogP contribution in [0.4, 0.5) is 11.6 Å². The van der Waals surface area contributed by atoms with Crippen molar-refractivity contribution in [2.45, 2.75) is 6.54 Å². The molecule has 11 nitrogen and oxygen atoms in total. The molecule has 0 aliphatic rings. The third-order valence-electron chi connectivity index (χ3n) is 3.30. The molecule has 0 amide bonds. The number of guanidine groups is 1. The van der Waals surface area contributed by atoms with E-state index in [4.69, 9.17) is 16.2 Å². The van der Waals surface area contributed by atoms with Gasteiger partial charge in [-0.15, -0.1) is 0 Å². The molecule has 11 heteroatoms. The molecule has 2 aromatic heterocycles. The summed E-state index contributed by atoms with van der Waals surface area (Å²) in [5.41, 5.74) is 12.0. The Kier molecular flexibility index (Phi) is 7.87. The molecule has 2 heterocycles. The summed E-state index contributed by atoms with van der Waals surface area (Å²) in [4.78, 5) is 8.03. The number of nitrogens with one attached hydrogen (secondary N) is 3. The number of nitrogens with two attached hydrogens (primary N) is 2. The SMILES string of the molecule is COC(N)=Nc1ccn[nH]1.COc1ccccc1CN=C(N)Nc1ccn[nH]1. The zero-order valence-corrected chi connectivity index (χ0v) is 15.6. The number of amidine groups is 1. The van der Waals surface area contributed by atoms with Crippen molar-refractivity contribution >= 4 is 23.6 Å². The second-order valence-corrected chi connectivity index (χ2v) is 5.20. The second-order valence-electron chi connectivity index (χ2n) is 5.20. The number of aromatic nitrogens is 4. The standard InChI is InChI=1S/C12H15N5O.C5H8N4O/c1-18-10-5-3-2-4-9(10)8-14-12(13)16-11-6-7-15-17-11;1-10-5(6)8-4-2-3-7-9-4/h2-7H,8H2,1H3,(H4,13,14,15,16,17);2-3H,1H3,(H3,6,7,8,9). The number of benzene rings is 1. The molecule has 0 aliphatic carbocycles. The number of nitrogens with zero attached hydrogens (tertiary/aromatic N) is 4. The zero-order valence-electron chi connectivity index (χ0n) is 15.6. The van der Waals surface area contributed by atoms with Crippen molar-refractivity contribution < 1.29 is 9.47 Å². The van der Waals surface area contributed by atoms with Crippen molar-refractivity contribution in [3.63, 3.8) is 0 Å². The van der Waals surface area contributed by atoms with Gasteiger partial charge in [0.05, 0.1) is 33.2 Å². The van der Waals surface area contributed by atoms with Crippen molar-refractivity contribution in [1.82, 2.24) is 20.4 Å². The highest BCUT2D eigenvalue weighted by atomic mass is 16.5.